The van der Waals surface area contributed by atoms with Crippen LogP contribution in [0, 0.1) is 0 Å². The van der Waals surface area contributed by atoms with Gasteiger partial charge in [0.25, 0.3) is 5.56 Å². The van der Waals surface area contributed by atoms with Gasteiger partial charge in [-0.05, 0) is 19.3 Å². The molecule has 2 aromatic rings. The second kappa shape index (κ2) is 8.30. The van der Waals surface area contributed by atoms with Crippen molar-refractivity contribution in [2.24, 2.45) is 14.1 Å². The zero-order valence-electron chi connectivity index (χ0n) is 15.9. The number of imidazole rings is 1. The molecule has 9 nitrogen and oxygen atoms in total. The number of carbonyl (C=O) groups is 1. The van der Waals surface area contributed by atoms with Crippen molar-refractivity contribution in [1.82, 2.24) is 24.0 Å². The maximum Gasteiger partial charge on any atom is 0.332 e. The van der Waals surface area contributed by atoms with E-state index < -0.39 is 5.69 Å². The van der Waals surface area contributed by atoms with Gasteiger partial charge < -0.3 is 14.6 Å². The third kappa shape index (κ3) is 3.96. The molecular formula is C17H25N5O4S. The van der Waals surface area contributed by atoms with Crippen LogP contribution in [0.2, 0.25) is 0 Å². The highest BCUT2D eigenvalue weighted by Gasteiger charge is 2.20. The van der Waals surface area contributed by atoms with Crippen LogP contribution in [0.15, 0.2) is 14.7 Å². The fourth-order valence-corrected chi connectivity index (χ4v) is 4.03. The molecule has 1 amide bonds. The molecule has 1 atom stereocenters. The summed E-state index contributed by atoms with van der Waals surface area (Å²) in [5.74, 6) is 0.0842. The van der Waals surface area contributed by atoms with Crippen molar-refractivity contribution in [2.45, 2.75) is 44.0 Å². The Labute approximate surface area is 160 Å². The Morgan fingerprint density at radius 1 is 1.33 bits per heavy atom. The summed E-state index contributed by atoms with van der Waals surface area (Å²) in [6.07, 6.45) is 2.90. The maximum absolute atomic E-state index is 12.6. The molecule has 1 aliphatic rings. The van der Waals surface area contributed by atoms with Gasteiger partial charge in [-0.3, -0.25) is 18.7 Å². The third-order valence-corrected chi connectivity index (χ3v) is 5.62. The summed E-state index contributed by atoms with van der Waals surface area (Å²) >= 11 is 1.27. The minimum Gasteiger partial charge on any atom is -0.376 e. The highest BCUT2D eigenvalue weighted by Crippen LogP contribution is 2.22. The number of ether oxygens (including phenoxy) is 1. The van der Waals surface area contributed by atoms with Crippen LogP contribution in [0.25, 0.3) is 11.2 Å². The van der Waals surface area contributed by atoms with E-state index in [1.165, 1.54) is 23.4 Å². The van der Waals surface area contributed by atoms with Gasteiger partial charge in [0.2, 0.25) is 5.91 Å². The highest BCUT2D eigenvalue weighted by atomic mass is 32.2. The minimum atomic E-state index is -0.417. The Hall–Kier alpha value is -2.07. The van der Waals surface area contributed by atoms with Crippen LogP contribution >= 0.6 is 11.8 Å². The molecule has 10 heteroatoms. The molecule has 0 saturated carbocycles. The number of aromatic nitrogens is 4. The summed E-state index contributed by atoms with van der Waals surface area (Å²) in [7, 11) is 3.05. The molecule has 0 bridgehead atoms. The van der Waals surface area contributed by atoms with Crippen LogP contribution in [0.3, 0.4) is 0 Å². The van der Waals surface area contributed by atoms with Gasteiger partial charge in [0.1, 0.15) is 0 Å². The smallest absolute Gasteiger partial charge is 0.332 e. The summed E-state index contributed by atoms with van der Waals surface area (Å²) < 4.78 is 9.75. The topological polar surface area (TPSA) is 100 Å². The van der Waals surface area contributed by atoms with E-state index >= 15 is 0 Å². The molecule has 0 aromatic carbocycles. The van der Waals surface area contributed by atoms with Gasteiger partial charge in [0, 0.05) is 33.8 Å². The normalized spacial score (nSPS) is 16.9. The van der Waals surface area contributed by atoms with E-state index in [-0.39, 0.29) is 23.3 Å². The number of nitrogens with zero attached hydrogens (tertiary/aromatic N) is 4. The number of amides is 1. The fourth-order valence-electron chi connectivity index (χ4n) is 3.18. The van der Waals surface area contributed by atoms with Crippen LogP contribution in [0.4, 0.5) is 0 Å². The Balaban J connectivity index is 1.81. The second-order valence-corrected chi connectivity index (χ2v) is 7.59. The lowest BCUT2D eigenvalue weighted by Crippen LogP contribution is -2.37. The van der Waals surface area contributed by atoms with Crippen molar-refractivity contribution in [3.63, 3.8) is 0 Å². The van der Waals surface area contributed by atoms with E-state index in [4.69, 9.17) is 4.74 Å². The standard InChI is InChI=1S/C17H25N5O4S/c1-4-7-22-13-14(20(2)17(25)21(3)15(13)24)19-16(22)27-10-12(23)18-9-11-6-5-8-26-11/h11H,4-10H2,1-3H3,(H,18,23)/t11-/m1/s1. The summed E-state index contributed by atoms with van der Waals surface area (Å²) in [6.45, 7) is 3.86. The first-order valence-electron chi connectivity index (χ1n) is 9.11. The number of aryl methyl sites for hydroxylation is 2. The molecule has 3 rings (SSSR count). The lowest BCUT2D eigenvalue weighted by atomic mass is 10.2. The molecule has 2 aromatic heterocycles. The van der Waals surface area contributed by atoms with E-state index in [9.17, 15) is 14.4 Å². The van der Waals surface area contributed by atoms with Gasteiger partial charge in [-0.25, -0.2) is 9.78 Å². The number of thioether (sulfide) groups is 1. The van der Waals surface area contributed by atoms with Gasteiger partial charge in [0.15, 0.2) is 16.3 Å². The number of hydrogen-bond acceptors (Lipinski definition) is 6. The van der Waals surface area contributed by atoms with Crippen LogP contribution in [-0.2, 0) is 30.2 Å². The zero-order valence-corrected chi connectivity index (χ0v) is 16.7. The van der Waals surface area contributed by atoms with E-state index in [0.29, 0.717) is 29.4 Å². The molecule has 1 N–H and O–H groups in total. The number of rotatable bonds is 7. The predicted octanol–water partition coefficient (Wildman–Crippen LogP) is 0.231. The summed E-state index contributed by atoms with van der Waals surface area (Å²) in [5, 5.41) is 3.45. The number of carbonyl (C=O) groups excluding carboxylic acids is 1. The fraction of sp³-hybridized carbons (Fsp3) is 0.647. The summed E-state index contributed by atoms with van der Waals surface area (Å²) in [5.41, 5.74) is -0.0502. The van der Waals surface area contributed by atoms with Crippen molar-refractivity contribution in [2.75, 3.05) is 18.9 Å². The quantitative estimate of drug-likeness (QED) is 0.674. The molecule has 0 aliphatic carbocycles. The van der Waals surface area contributed by atoms with Crippen molar-refractivity contribution >= 4 is 28.8 Å². The molecule has 0 spiro atoms. The van der Waals surface area contributed by atoms with Gasteiger partial charge >= 0.3 is 5.69 Å². The Bertz CT molecular complexity index is 955. The van der Waals surface area contributed by atoms with Crippen LogP contribution in [0.5, 0.6) is 0 Å². The monoisotopic (exact) mass is 395 g/mol. The molecule has 0 radical (unpaired) electrons. The number of fused-ring (bicyclic) bond motifs is 1. The summed E-state index contributed by atoms with van der Waals surface area (Å²) in [6, 6.07) is 0. The lowest BCUT2D eigenvalue weighted by Gasteiger charge is -2.11. The number of hydrogen-bond donors (Lipinski definition) is 1. The number of nitrogens with one attached hydrogen (secondary N) is 1. The Morgan fingerprint density at radius 3 is 2.78 bits per heavy atom. The van der Waals surface area contributed by atoms with E-state index in [1.54, 1.807) is 11.6 Å². The van der Waals surface area contributed by atoms with Crippen molar-refractivity contribution in [3.8, 4) is 0 Å². The van der Waals surface area contributed by atoms with Crippen LogP contribution < -0.4 is 16.6 Å². The van der Waals surface area contributed by atoms with Gasteiger partial charge in [-0.15, -0.1) is 0 Å². The first kappa shape index (κ1) is 19.7. The van der Waals surface area contributed by atoms with E-state index in [1.807, 2.05) is 6.92 Å². The average molecular weight is 395 g/mol. The third-order valence-electron chi connectivity index (χ3n) is 4.64. The maximum atomic E-state index is 12.6. The van der Waals surface area contributed by atoms with E-state index in [2.05, 4.69) is 10.3 Å². The summed E-state index contributed by atoms with van der Waals surface area (Å²) in [4.78, 5) is 41.4. The van der Waals surface area contributed by atoms with Crippen molar-refractivity contribution in [3.05, 3.63) is 20.8 Å². The largest absolute Gasteiger partial charge is 0.376 e. The minimum absolute atomic E-state index is 0.0983. The molecule has 0 unspecified atom stereocenters. The molecule has 27 heavy (non-hydrogen) atoms. The molecule has 1 fully saturated rings. The SMILES string of the molecule is CCCn1c(SCC(=O)NC[C@H]2CCCO2)nc2c1c(=O)n(C)c(=O)n2C. The molecule has 148 valence electrons. The average Bonchev–Trinajstić information content (AvgIpc) is 3.30. The molecule has 1 aliphatic heterocycles. The predicted molar refractivity (Wildman–Crippen MR) is 103 cm³/mol. The van der Waals surface area contributed by atoms with Crippen LogP contribution in [-0.4, -0.2) is 49.6 Å². The first-order valence-corrected chi connectivity index (χ1v) is 10.1. The lowest BCUT2D eigenvalue weighted by molar-refractivity contribution is -0.119. The highest BCUT2D eigenvalue weighted by molar-refractivity contribution is 7.99. The molecular weight excluding hydrogens is 370 g/mol. The van der Waals surface area contributed by atoms with Gasteiger partial charge in [-0.2, -0.15) is 0 Å². The second-order valence-electron chi connectivity index (χ2n) is 6.65. The van der Waals surface area contributed by atoms with Gasteiger partial charge in [-0.1, -0.05) is 18.7 Å². The molecule has 1 saturated heterocycles. The molecule has 3 heterocycles. The van der Waals surface area contributed by atoms with Crippen molar-refractivity contribution in [1.29, 1.82) is 0 Å². The van der Waals surface area contributed by atoms with E-state index in [0.717, 1.165) is 30.4 Å². The van der Waals surface area contributed by atoms with Gasteiger partial charge in [0.05, 0.1) is 11.9 Å². The van der Waals surface area contributed by atoms with Crippen molar-refractivity contribution < 1.29 is 9.53 Å². The Morgan fingerprint density at radius 2 is 2.11 bits per heavy atom. The Kier molecular flexibility index (Phi) is 6.05. The first-order chi connectivity index (χ1) is 12.9. The zero-order chi connectivity index (χ0) is 19.6. The van der Waals surface area contributed by atoms with Crippen LogP contribution in [0.1, 0.15) is 26.2 Å².